The van der Waals surface area contributed by atoms with Crippen LogP contribution in [-0.4, -0.2) is 28.1 Å². The highest BCUT2D eigenvalue weighted by Crippen LogP contribution is 2.40. The van der Waals surface area contributed by atoms with Crippen LogP contribution in [0.25, 0.3) is 10.9 Å². The maximum Gasteiger partial charge on any atom is 0.123 e. The topological polar surface area (TPSA) is 28.3 Å². The quantitative estimate of drug-likeness (QED) is 0.346. The van der Waals surface area contributed by atoms with Crippen molar-refractivity contribution in [2.75, 3.05) is 0 Å². The summed E-state index contributed by atoms with van der Waals surface area (Å²) in [7, 11) is 0. The molecule has 2 aliphatic rings. The summed E-state index contributed by atoms with van der Waals surface area (Å²) >= 11 is 0. The zero-order chi connectivity index (χ0) is 23.1. The summed E-state index contributed by atoms with van der Waals surface area (Å²) in [6.45, 7) is 0.927. The van der Waals surface area contributed by atoms with Crippen molar-refractivity contribution in [1.29, 1.82) is 0 Å². The Morgan fingerprint density at radius 3 is 2.00 bits per heavy atom. The van der Waals surface area contributed by atoms with Crippen LogP contribution in [0.2, 0.25) is 0 Å². The van der Waals surface area contributed by atoms with Crippen molar-refractivity contribution < 1.29 is 13.5 Å². The predicted octanol–water partition coefficient (Wildman–Crippen LogP) is 6.75. The number of nitrogens with zero attached hydrogens (tertiary/aromatic N) is 1. The van der Waals surface area contributed by atoms with Gasteiger partial charge in [-0.05, 0) is 78.6 Å². The maximum absolute atomic E-state index is 13.6. The number of rotatable bonds is 6. The molecule has 3 nitrogen and oxygen atoms in total. The fraction of sp³-hybridized carbons (Fsp3) is 0.310. The summed E-state index contributed by atoms with van der Waals surface area (Å²) < 4.78 is 33.8. The number of benzene rings is 3. The first-order chi connectivity index (χ1) is 16.6. The lowest BCUT2D eigenvalue weighted by Crippen LogP contribution is -2.45. The predicted molar refractivity (Wildman–Crippen MR) is 129 cm³/mol. The molecule has 3 heterocycles. The van der Waals surface area contributed by atoms with E-state index in [-0.39, 0.29) is 23.8 Å². The minimum absolute atomic E-state index is 0.108. The average molecular weight is 459 g/mol. The zero-order valence-corrected chi connectivity index (χ0v) is 19.0. The Balaban J connectivity index is 1.19. The van der Waals surface area contributed by atoms with Gasteiger partial charge in [0.05, 0.1) is 6.10 Å². The van der Waals surface area contributed by atoms with Gasteiger partial charge in [-0.2, -0.15) is 0 Å². The molecule has 3 atom stereocenters. The minimum Gasteiger partial charge on any atom is -0.365 e. The lowest BCUT2D eigenvalue weighted by Gasteiger charge is -2.40. The number of halogens is 2. The highest BCUT2D eigenvalue weighted by atomic mass is 19.1. The monoisotopic (exact) mass is 458 g/mol. The fourth-order valence-corrected chi connectivity index (χ4v) is 5.83. The molecule has 2 bridgehead atoms. The summed E-state index contributed by atoms with van der Waals surface area (Å²) in [5, 5.41) is 1.25. The molecule has 1 N–H and O–H groups in total. The van der Waals surface area contributed by atoms with Crippen LogP contribution < -0.4 is 0 Å². The lowest BCUT2D eigenvalue weighted by molar-refractivity contribution is -0.0503. The molecule has 174 valence electrons. The van der Waals surface area contributed by atoms with Gasteiger partial charge in [0.25, 0.3) is 0 Å². The standard InChI is InChI=1S/C29H28F2N2O/c30-22-9-5-19(6-10-22)29(20-7-11-23(31)12-8-20)34-27-16-25-13-14-26(17-27)33(25)18-24-15-21-3-1-2-4-28(21)32-24/h1-12,15,25-27,29,32H,13-14,16-18H2/t25-,26+,27?. The Bertz CT molecular complexity index is 1180. The van der Waals surface area contributed by atoms with Crippen molar-refractivity contribution in [1.82, 2.24) is 9.88 Å². The number of aromatic amines is 1. The Kier molecular flexibility index (Phi) is 5.67. The normalized spacial score (nSPS) is 22.6. The second kappa shape index (κ2) is 8.97. The molecule has 2 fully saturated rings. The van der Waals surface area contributed by atoms with Crippen LogP contribution in [0.3, 0.4) is 0 Å². The van der Waals surface area contributed by atoms with E-state index in [0.717, 1.165) is 30.5 Å². The van der Waals surface area contributed by atoms with E-state index in [9.17, 15) is 8.78 Å². The largest absolute Gasteiger partial charge is 0.365 e. The molecular weight excluding hydrogens is 430 g/mol. The van der Waals surface area contributed by atoms with Crippen LogP contribution in [0.15, 0.2) is 78.9 Å². The van der Waals surface area contributed by atoms with Crippen molar-refractivity contribution in [2.45, 2.75) is 56.5 Å². The smallest absolute Gasteiger partial charge is 0.123 e. The molecule has 0 radical (unpaired) electrons. The van der Waals surface area contributed by atoms with Crippen LogP contribution in [0.1, 0.15) is 48.6 Å². The zero-order valence-electron chi connectivity index (χ0n) is 19.0. The summed E-state index contributed by atoms with van der Waals surface area (Å²) in [6.07, 6.45) is 4.07. The number of para-hydroxylation sites is 1. The second-order valence-corrected chi connectivity index (χ2v) is 9.65. The molecule has 5 heteroatoms. The van der Waals surface area contributed by atoms with Gasteiger partial charge in [0.1, 0.15) is 17.7 Å². The van der Waals surface area contributed by atoms with E-state index in [2.05, 4.69) is 40.2 Å². The number of piperidine rings is 1. The molecule has 0 aliphatic carbocycles. The third kappa shape index (κ3) is 4.26. The first-order valence-electron chi connectivity index (χ1n) is 12.1. The molecule has 6 rings (SSSR count). The average Bonchev–Trinajstić information content (AvgIpc) is 3.35. The lowest BCUT2D eigenvalue weighted by atomic mass is 9.97. The minimum atomic E-state index is -0.342. The van der Waals surface area contributed by atoms with Gasteiger partial charge in [-0.25, -0.2) is 8.78 Å². The van der Waals surface area contributed by atoms with Gasteiger partial charge in [-0.1, -0.05) is 42.5 Å². The van der Waals surface area contributed by atoms with E-state index in [1.54, 1.807) is 24.3 Å². The number of fused-ring (bicyclic) bond motifs is 3. The van der Waals surface area contributed by atoms with E-state index < -0.39 is 0 Å². The number of hydrogen-bond acceptors (Lipinski definition) is 2. The molecule has 0 saturated carbocycles. The molecule has 0 amide bonds. The van der Waals surface area contributed by atoms with Gasteiger partial charge in [0.15, 0.2) is 0 Å². The van der Waals surface area contributed by atoms with Crippen molar-refractivity contribution in [2.24, 2.45) is 0 Å². The van der Waals surface area contributed by atoms with Crippen LogP contribution in [-0.2, 0) is 11.3 Å². The summed E-state index contributed by atoms with van der Waals surface area (Å²) in [5.74, 6) is -0.546. The fourth-order valence-electron chi connectivity index (χ4n) is 5.83. The number of nitrogens with one attached hydrogen (secondary N) is 1. The highest BCUT2D eigenvalue weighted by Gasteiger charge is 2.42. The Morgan fingerprint density at radius 2 is 1.41 bits per heavy atom. The molecular formula is C29H28F2N2O. The molecule has 0 spiro atoms. The Hall–Kier alpha value is -3.02. The van der Waals surface area contributed by atoms with E-state index in [1.165, 1.54) is 53.7 Å². The number of aromatic nitrogens is 1. The molecule has 2 aliphatic heterocycles. The Labute approximate surface area is 198 Å². The van der Waals surface area contributed by atoms with Crippen LogP contribution in [0.5, 0.6) is 0 Å². The molecule has 3 aromatic carbocycles. The molecule has 4 aromatic rings. The van der Waals surface area contributed by atoms with Gasteiger partial charge in [0, 0.05) is 29.8 Å². The number of hydrogen-bond donors (Lipinski definition) is 1. The van der Waals surface area contributed by atoms with Crippen molar-refractivity contribution in [3.8, 4) is 0 Å². The summed E-state index contributed by atoms with van der Waals surface area (Å²) in [6, 6.07) is 24.5. The molecule has 1 unspecified atom stereocenters. The molecule has 1 aromatic heterocycles. The third-order valence-corrected chi connectivity index (χ3v) is 7.45. The van der Waals surface area contributed by atoms with Crippen LogP contribution in [0.4, 0.5) is 8.78 Å². The highest BCUT2D eigenvalue weighted by molar-refractivity contribution is 5.80. The van der Waals surface area contributed by atoms with Crippen molar-refractivity contribution in [3.05, 3.63) is 107 Å². The first-order valence-corrected chi connectivity index (χ1v) is 12.1. The number of H-pyrrole nitrogens is 1. The molecule has 34 heavy (non-hydrogen) atoms. The van der Waals surface area contributed by atoms with E-state index in [4.69, 9.17) is 4.74 Å². The van der Waals surface area contributed by atoms with E-state index >= 15 is 0 Å². The van der Waals surface area contributed by atoms with Gasteiger partial charge < -0.3 is 9.72 Å². The van der Waals surface area contributed by atoms with Gasteiger partial charge in [-0.3, -0.25) is 4.90 Å². The van der Waals surface area contributed by atoms with E-state index in [1.807, 2.05) is 0 Å². The van der Waals surface area contributed by atoms with Crippen LogP contribution in [0, 0.1) is 11.6 Å². The second-order valence-electron chi connectivity index (χ2n) is 9.65. The maximum atomic E-state index is 13.6. The van der Waals surface area contributed by atoms with E-state index in [0.29, 0.717) is 12.1 Å². The van der Waals surface area contributed by atoms with Gasteiger partial charge >= 0.3 is 0 Å². The SMILES string of the molecule is Fc1ccc(C(OC2C[C@H]3CC[C@@H](C2)N3Cc2cc3ccccc3[nH]2)c2ccc(F)cc2)cc1. The Morgan fingerprint density at radius 1 is 0.824 bits per heavy atom. The molecule has 2 saturated heterocycles. The number of ether oxygens (including phenoxy) is 1. The van der Waals surface area contributed by atoms with Crippen molar-refractivity contribution in [3.63, 3.8) is 0 Å². The van der Waals surface area contributed by atoms with Gasteiger partial charge in [-0.15, -0.1) is 0 Å². The first kappa shape index (κ1) is 21.5. The summed E-state index contributed by atoms with van der Waals surface area (Å²) in [5.41, 5.74) is 4.22. The van der Waals surface area contributed by atoms with Gasteiger partial charge in [0.2, 0.25) is 0 Å². The third-order valence-electron chi connectivity index (χ3n) is 7.45. The van der Waals surface area contributed by atoms with Crippen molar-refractivity contribution >= 4 is 10.9 Å². The van der Waals surface area contributed by atoms with Crippen LogP contribution >= 0.6 is 0 Å². The summed E-state index contributed by atoms with van der Waals surface area (Å²) in [4.78, 5) is 6.21.